The number of benzene rings is 5. The van der Waals surface area contributed by atoms with E-state index in [0.717, 1.165) is 0 Å². The molecule has 0 fully saturated rings. The second-order valence-corrected chi connectivity index (χ2v) is 29.2. The van der Waals surface area contributed by atoms with Crippen LogP contribution in [0.25, 0.3) is 45.2 Å². The third kappa shape index (κ3) is 7.58. The maximum Gasteiger partial charge on any atom is -1.00 e. The van der Waals surface area contributed by atoms with Crippen molar-refractivity contribution in [1.29, 1.82) is 0 Å². The molecule has 0 spiro atoms. The number of unbranched alkanes of at least 4 members (excludes halogenated alkanes) is 3. The van der Waals surface area contributed by atoms with Crippen LogP contribution in [0.4, 0.5) is 0 Å². The maximum atomic E-state index is 2.61. The normalized spacial score (nSPS) is 15.9. The van der Waals surface area contributed by atoms with E-state index in [-0.39, 0.29) is 31.5 Å². The number of halogens is 2. The molecule has 0 nitrogen and oxygen atoms in total. The summed E-state index contributed by atoms with van der Waals surface area (Å²) in [5.74, 6) is 0. The monoisotopic (exact) mass is 751 g/mol. The van der Waals surface area contributed by atoms with Crippen molar-refractivity contribution in [2.75, 3.05) is 0 Å². The average molecular weight is 754 g/mol. The van der Waals surface area contributed by atoms with Gasteiger partial charge in [0.25, 0.3) is 0 Å². The maximum absolute atomic E-state index is 2.61. The molecule has 0 N–H and O–H groups in total. The van der Waals surface area contributed by atoms with Crippen LogP contribution in [0, 0.1) is 0 Å². The zero-order valence-electron chi connectivity index (χ0n) is 28.5. The molecular formula is C43H47Cl2SiZr. The van der Waals surface area contributed by atoms with E-state index in [1.807, 2.05) is 0 Å². The second-order valence-electron chi connectivity index (χ2n) is 12.8. The van der Waals surface area contributed by atoms with Crippen LogP contribution >= 0.6 is 0 Å². The van der Waals surface area contributed by atoms with Crippen LogP contribution < -0.4 is 24.8 Å². The van der Waals surface area contributed by atoms with Gasteiger partial charge in [-0.1, -0.05) is 39.5 Å². The predicted molar refractivity (Wildman–Crippen MR) is 198 cm³/mol. The van der Waals surface area contributed by atoms with E-state index in [1.54, 1.807) is 22.3 Å². The van der Waals surface area contributed by atoms with Crippen molar-refractivity contribution in [3.05, 3.63) is 143 Å². The number of hydrogen-bond acceptors (Lipinski definition) is 0. The van der Waals surface area contributed by atoms with Gasteiger partial charge in [0.05, 0.1) is 0 Å². The molecule has 241 valence electrons. The molecule has 0 radical (unpaired) electrons. The van der Waals surface area contributed by atoms with Crippen LogP contribution in [0.3, 0.4) is 0 Å². The fraction of sp³-hybridized carbons (Fsp3) is 0.256. The Bertz CT molecular complexity index is 1850. The minimum Gasteiger partial charge on any atom is -1.00 e. The molecule has 0 saturated carbocycles. The Morgan fingerprint density at radius 2 is 1.04 bits per heavy atom. The number of hydrogen-bond donors (Lipinski definition) is 0. The summed E-state index contributed by atoms with van der Waals surface area (Å²) in [6.07, 6.45) is 10.6. The number of fused-ring (bicyclic) bond motifs is 3. The van der Waals surface area contributed by atoms with Crippen molar-refractivity contribution in [2.24, 2.45) is 0 Å². The SMILES string of the molecule is CCCCCC.C[SiH2][Zr+2]([CH]1C(C)=Cc2c(-c3ccccc3)cccc21)[CH]1C(C)=Cc2c(-c3cccc4ccccc34)cccc21.[Cl-].[Cl-]. The van der Waals surface area contributed by atoms with Crippen molar-refractivity contribution in [2.45, 2.75) is 67.2 Å². The zero-order valence-corrected chi connectivity index (χ0v) is 33.9. The summed E-state index contributed by atoms with van der Waals surface area (Å²) in [5, 5.41) is 2.67. The molecule has 2 aliphatic rings. The largest absolute Gasteiger partial charge is 1.00 e. The Labute approximate surface area is 305 Å². The zero-order chi connectivity index (χ0) is 31.3. The van der Waals surface area contributed by atoms with E-state index >= 15 is 0 Å². The van der Waals surface area contributed by atoms with Gasteiger partial charge in [0.2, 0.25) is 0 Å². The van der Waals surface area contributed by atoms with Gasteiger partial charge >= 0.3 is 243 Å². The van der Waals surface area contributed by atoms with Gasteiger partial charge < -0.3 is 24.8 Å². The first-order valence-corrected chi connectivity index (χ1v) is 27.3. The van der Waals surface area contributed by atoms with E-state index in [4.69, 9.17) is 0 Å². The summed E-state index contributed by atoms with van der Waals surface area (Å²) >= 11 is -1.95. The Hall–Kier alpha value is -2.48. The van der Waals surface area contributed by atoms with Crippen molar-refractivity contribution in [1.82, 2.24) is 0 Å². The van der Waals surface area contributed by atoms with Gasteiger partial charge in [-0.3, -0.25) is 0 Å². The van der Waals surface area contributed by atoms with Gasteiger partial charge in [-0.25, -0.2) is 0 Å². The van der Waals surface area contributed by atoms with Gasteiger partial charge in [-0.15, -0.1) is 0 Å². The summed E-state index contributed by atoms with van der Waals surface area (Å²) in [7, 11) is 0. The fourth-order valence-electron chi connectivity index (χ4n) is 7.73. The quantitative estimate of drug-likeness (QED) is 0.132. The Morgan fingerprint density at radius 3 is 1.64 bits per heavy atom. The molecule has 0 bridgehead atoms. The first-order valence-electron chi connectivity index (χ1n) is 17.1. The first-order chi connectivity index (χ1) is 22.1. The molecule has 5 aromatic carbocycles. The molecule has 4 heteroatoms. The van der Waals surface area contributed by atoms with Crippen LogP contribution in [0.15, 0.2) is 120 Å². The van der Waals surface area contributed by atoms with Crippen molar-refractivity contribution >= 4 is 29.6 Å². The molecule has 0 amide bonds. The van der Waals surface area contributed by atoms with Crippen molar-refractivity contribution < 1.29 is 45.7 Å². The van der Waals surface area contributed by atoms with Gasteiger partial charge in [0.1, 0.15) is 0 Å². The topological polar surface area (TPSA) is 0 Å². The van der Waals surface area contributed by atoms with Gasteiger partial charge in [0.15, 0.2) is 0 Å². The van der Waals surface area contributed by atoms with Gasteiger partial charge in [-0.05, 0) is 0 Å². The number of rotatable bonds is 8. The van der Waals surface area contributed by atoms with E-state index in [0.29, 0.717) is 7.25 Å². The predicted octanol–water partition coefficient (Wildman–Crippen LogP) is 6.13. The summed E-state index contributed by atoms with van der Waals surface area (Å²) < 4.78 is 1.36. The molecular weight excluding hydrogens is 707 g/mol. The van der Waals surface area contributed by atoms with E-state index < -0.39 is 20.9 Å². The molecule has 0 heterocycles. The van der Waals surface area contributed by atoms with Crippen LogP contribution in [0.2, 0.25) is 6.55 Å². The summed E-state index contributed by atoms with van der Waals surface area (Å²) in [5.41, 5.74) is 14.9. The molecule has 0 aliphatic heterocycles. The van der Waals surface area contributed by atoms with E-state index in [1.165, 1.54) is 69.8 Å². The number of allylic oxidation sites excluding steroid dienone is 2. The Kier molecular flexibility index (Phi) is 13.7. The molecule has 7 rings (SSSR count). The minimum atomic E-state index is -1.95. The summed E-state index contributed by atoms with van der Waals surface area (Å²) in [6.45, 7) is 11.8. The third-order valence-electron chi connectivity index (χ3n) is 9.83. The van der Waals surface area contributed by atoms with Crippen LogP contribution in [-0.2, 0) is 20.9 Å². The second kappa shape index (κ2) is 17.3. The summed E-state index contributed by atoms with van der Waals surface area (Å²) in [6, 6.07) is 40.8. The van der Waals surface area contributed by atoms with Crippen molar-refractivity contribution in [3.63, 3.8) is 0 Å². The summed E-state index contributed by atoms with van der Waals surface area (Å²) in [4.78, 5) is 0. The standard InChI is InChI=1S/C20H15.C16H13.C6H14.CH5Si.2ClH.Zr/c1-14-12-16-8-5-11-19(20(16)13-14)18-10-4-7-15-6-2-3-9-17(15)18;1-12-10-14-8-5-9-15(16(14)11-12)13-6-3-2-4-7-13;1-3-5-6-4-2;1-2;;;/h2-13H,1H3;2-11H,1H3;3-6H2,1-2H3;2H2,1H3;2*1H;/q;;;;;;+2/p-2. The van der Waals surface area contributed by atoms with E-state index in [9.17, 15) is 0 Å². The van der Waals surface area contributed by atoms with Crippen LogP contribution in [-0.4, -0.2) is 6.65 Å². The van der Waals surface area contributed by atoms with Crippen molar-refractivity contribution in [3.8, 4) is 22.3 Å². The molecule has 47 heavy (non-hydrogen) atoms. The van der Waals surface area contributed by atoms with E-state index in [2.05, 4.69) is 156 Å². The molecule has 2 unspecified atom stereocenters. The third-order valence-corrected chi connectivity index (χ3v) is 28.9. The molecule has 0 saturated heterocycles. The molecule has 2 aliphatic carbocycles. The Morgan fingerprint density at radius 1 is 0.553 bits per heavy atom. The van der Waals surface area contributed by atoms with Gasteiger partial charge in [-0.2, -0.15) is 0 Å². The van der Waals surface area contributed by atoms with Crippen LogP contribution in [0.5, 0.6) is 0 Å². The molecule has 0 aromatic heterocycles. The average Bonchev–Trinajstić information content (AvgIpc) is 3.60. The fourth-order valence-corrected chi connectivity index (χ4v) is 28.3. The molecule has 5 aromatic rings. The Balaban J connectivity index is 0.000000575. The smallest absolute Gasteiger partial charge is 1.00 e. The van der Waals surface area contributed by atoms with Crippen LogP contribution in [0.1, 0.15) is 82.9 Å². The molecule has 2 atom stereocenters. The first kappa shape index (κ1) is 37.3. The van der Waals surface area contributed by atoms with Gasteiger partial charge in [0, 0.05) is 0 Å². The minimum absolute atomic E-state index is 0.